The maximum Gasteiger partial charge on any atom is 0.226 e. The van der Waals surface area contributed by atoms with Crippen LogP contribution in [0.3, 0.4) is 0 Å². The molecule has 1 amide bonds. The quantitative estimate of drug-likeness (QED) is 0.840. The van der Waals surface area contributed by atoms with E-state index in [0.717, 1.165) is 49.5 Å². The van der Waals surface area contributed by atoms with Crippen LogP contribution in [0.5, 0.6) is 5.75 Å². The molecular weight excluding hydrogens is 304 g/mol. The Hall–Kier alpha value is -2.37. The third-order valence-corrected chi connectivity index (χ3v) is 4.73. The third kappa shape index (κ3) is 3.93. The second-order valence-corrected chi connectivity index (χ2v) is 6.41. The number of methoxy groups -OCH3 is 1. The number of hydrogen-bond donors (Lipinski definition) is 0. The highest BCUT2D eigenvalue weighted by Gasteiger charge is 2.24. The average molecular weight is 328 g/mol. The first-order valence-electron chi connectivity index (χ1n) is 8.39. The minimum atomic E-state index is 0.195. The fourth-order valence-corrected chi connectivity index (χ4v) is 3.21. The smallest absolute Gasteiger partial charge is 0.226 e. The summed E-state index contributed by atoms with van der Waals surface area (Å²) < 4.78 is 7.19. The number of ether oxygens (including phenoxy) is 1. The molecule has 1 fully saturated rings. The fourth-order valence-electron chi connectivity index (χ4n) is 3.21. The molecule has 6 heteroatoms. The SMILES string of the molecule is COc1cccc(CC(=O)N2CCC(Cc3nncn3C)CC2)c1. The maximum absolute atomic E-state index is 12.5. The van der Waals surface area contributed by atoms with E-state index >= 15 is 0 Å². The van der Waals surface area contributed by atoms with Gasteiger partial charge in [-0.25, -0.2) is 0 Å². The van der Waals surface area contributed by atoms with Crippen LogP contribution < -0.4 is 4.74 Å². The van der Waals surface area contributed by atoms with E-state index in [1.54, 1.807) is 13.4 Å². The van der Waals surface area contributed by atoms with Gasteiger partial charge in [0.05, 0.1) is 13.5 Å². The Morgan fingerprint density at radius 1 is 1.33 bits per heavy atom. The van der Waals surface area contributed by atoms with Gasteiger partial charge in [-0.05, 0) is 36.5 Å². The van der Waals surface area contributed by atoms with Crippen molar-refractivity contribution in [3.05, 3.63) is 42.0 Å². The number of hydrogen-bond acceptors (Lipinski definition) is 4. The van der Waals surface area contributed by atoms with Crippen molar-refractivity contribution in [2.24, 2.45) is 13.0 Å². The number of amides is 1. The summed E-state index contributed by atoms with van der Waals surface area (Å²) in [7, 11) is 3.62. The molecule has 1 saturated heterocycles. The summed E-state index contributed by atoms with van der Waals surface area (Å²) >= 11 is 0. The zero-order valence-electron chi connectivity index (χ0n) is 14.3. The molecule has 128 valence electrons. The summed E-state index contributed by atoms with van der Waals surface area (Å²) in [5.41, 5.74) is 1.00. The van der Waals surface area contributed by atoms with Crippen molar-refractivity contribution < 1.29 is 9.53 Å². The van der Waals surface area contributed by atoms with Crippen LogP contribution in [0, 0.1) is 5.92 Å². The highest BCUT2D eigenvalue weighted by molar-refractivity contribution is 5.79. The summed E-state index contributed by atoms with van der Waals surface area (Å²) in [4.78, 5) is 14.5. The van der Waals surface area contributed by atoms with Gasteiger partial charge in [0, 0.05) is 26.6 Å². The Kier molecular flexibility index (Phi) is 5.13. The van der Waals surface area contributed by atoms with E-state index in [-0.39, 0.29) is 5.91 Å². The first-order chi connectivity index (χ1) is 11.7. The number of piperidine rings is 1. The van der Waals surface area contributed by atoms with Crippen LogP contribution in [-0.2, 0) is 24.7 Å². The molecule has 1 aromatic carbocycles. The molecule has 1 aliphatic rings. The van der Waals surface area contributed by atoms with E-state index < -0.39 is 0 Å². The lowest BCUT2D eigenvalue weighted by atomic mass is 9.93. The van der Waals surface area contributed by atoms with Gasteiger partial charge in [-0.1, -0.05) is 12.1 Å². The summed E-state index contributed by atoms with van der Waals surface area (Å²) in [6, 6.07) is 7.72. The van der Waals surface area contributed by atoms with Gasteiger partial charge in [0.1, 0.15) is 17.9 Å². The van der Waals surface area contributed by atoms with Crippen molar-refractivity contribution in [2.75, 3.05) is 20.2 Å². The molecule has 0 bridgehead atoms. The van der Waals surface area contributed by atoms with Crippen molar-refractivity contribution in [3.8, 4) is 5.75 Å². The van der Waals surface area contributed by atoms with E-state index in [2.05, 4.69) is 10.2 Å². The fraction of sp³-hybridized carbons (Fsp3) is 0.500. The first-order valence-corrected chi connectivity index (χ1v) is 8.39. The van der Waals surface area contributed by atoms with Crippen LogP contribution in [0.1, 0.15) is 24.2 Å². The number of carbonyl (C=O) groups is 1. The molecule has 0 saturated carbocycles. The summed E-state index contributed by atoms with van der Waals surface area (Å²) in [5, 5.41) is 8.09. The van der Waals surface area contributed by atoms with E-state index in [1.807, 2.05) is 40.8 Å². The second-order valence-electron chi connectivity index (χ2n) is 6.41. The van der Waals surface area contributed by atoms with E-state index in [1.165, 1.54) is 0 Å². The van der Waals surface area contributed by atoms with Crippen molar-refractivity contribution in [1.29, 1.82) is 0 Å². The number of nitrogens with zero attached hydrogens (tertiary/aromatic N) is 4. The molecule has 6 nitrogen and oxygen atoms in total. The zero-order valence-corrected chi connectivity index (χ0v) is 14.3. The molecule has 1 aliphatic heterocycles. The highest BCUT2D eigenvalue weighted by atomic mass is 16.5. The van der Waals surface area contributed by atoms with Gasteiger partial charge in [0.25, 0.3) is 0 Å². The summed E-state index contributed by atoms with van der Waals surface area (Å²) in [5.74, 6) is 2.59. The zero-order chi connectivity index (χ0) is 16.9. The Bertz CT molecular complexity index is 690. The van der Waals surface area contributed by atoms with Crippen molar-refractivity contribution >= 4 is 5.91 Å². The predicted molar refractivity (Wildman–Crippen MR) is 90.7 cm³/mol. The highest BCUT2D eigenvalue weighted by Crippen LogP contribution is 2.22. The van der Waals surface area contributed by atoms with Gasteiger partial charge >= 0.3 is 0 Å². The lowest BCUT2D eigenvalue weighted by molar-refractivity contribution is -0.131. The molecule has 0 aliphatic carbocycles. The first kappa shape index (κ1) is 16.5. The normalized spacial score (nSPS) is 15.5. The number of aromatic nitrogens is 3. The number of carbonyl (C=O) groups excluding carboxylic acids is 1. The average Bonchev–Trinajstić information content (AvgIpc) is 3.00. The van der Waals surface area contributed by atoms with Crippen molar-refractivity contribution in [3.63, 3.8) is 0 Å². The Labute approximate surface area is 142 Å². The monoisotopic (exact) mass is 328 g/mol. The second kappa shape index (κ2) is 7.47. The molecular formula is C18H24N4O2. The van der Waals surface area contributed by atoms with Crippen LogP contribution >= 0.6 is 0 Å². The molecule has 0 unspecified atom stereocenters. The van der Waals surface area contributed by atoms with E-state index in [4.69, 9.17) is 4.74 Å². The van der Waals surface area contributed by atoms with E-state index in [9.17, 15) is 4.79 Å². The van der Waals surface area contributed by atoms with Gasteiger partial charge in [0.15, 0.2) is 0 Å². The molecule has 3 rings (SSSR count). The lowest BCUT2D eigenvalue weighted by Gasteiger charge is -2.32. The van der Waals surface area contributed by atoms with Gasteiger partial charge < -0.3 is 14.2 Å². The summed E-state index contributed by atoms with van der Waals surface area (Å²) in [6.45, 7) is 1.65. The lowest BCUT2D eigenvalue weighted by Crippen LogP contribution is -2.39. The molecule has 0 spiro atoms. The Morgan fingerprint density at radius 3 is 2.79 bits per heavy atom. The molecule has 0 radical (unpaired) electrons. The maximum atomic E-state index is 12.5. The standard InChI is InChI=1S/C18H24N4O2/c1-21-13-19-20-17(21)11-14-6-8-22(9-7-14)18(23)12-15-4-3-5-16(10-15)24-2/h3-5,10,13-14H,6-9,11-12H2,1-2H3. The molecule has 2 heterocycles. The van der Waals surface area contributed by atoms with Gasteiger partial charge in [0.2, 0.25) is 5.91 Å². The van der Waals surface area contributed by atoms with Gasteiger partial charge in [-0.15, -0.1) is 10.2 Å². The minimum Gasteiger partial charge on any atom is -0.497 e. The largest absolute Gasteiger partial charge is 0.497 e. The predicted octanol–water partition coefficient (Wildman–Crippen LogP) is 1.85. The molecule has 1 aromatic heterocycles. The number of rotatable bonds is 5. The number of aryl methyl sites for hydroxylation is 1. The Morgan fingerprint density at radius 2 is 2.12 bits per heavy atom. The van der Waals surface area contributed by atoms with Gasteiger partial charge in [-0.2, -0.15) is 0 Å². The van der Waals surface area contributed by atoms with Crippen LogP contribution in [0.15, 0.2) is 30.6 Å². The van der Waals surface area contributed by atoms with Crippen LogP contribution in [0.2, 0.25) is 0 Å². The third-order valence-electron chi connectivity index (χ3n) is 4.73. The Balaban J connectivity index is 1.50. The molecule has 0 N–H and O–H groups in total. The number of likely N-dealkylation sites (tertiary alicyclic amines) is 1. The van der Waals surface area contributed by atoms with Crippen molar-refractivity contribution in [1.82, 2.24) is 19.7 Å². The number of benzene rings is 1. The molecule has 0 atom stereocenters. The van der Waals surface area contributed by atoms with Crippen molar-refractivity contribution in [2.45, 2.75) is 25.7 Å². The minimum absolute atomic E-state index is 0.195. The molecule has 24 heavy (non-hydrogen) atoms. The molecule has 2 aromatic rings. The summed E-state index contributed by atoms with van der Waals surface area (Å²) in [6.07, 6.45) is 5.16. The van der Waals surface area contributed by atoms with Crippen LogP contribution in [0.4, 0.5) is 0 Å². The van der Waals surface area contributed by atoms with Gasteiger partial charge in [-0.3, -0.25) is 4.79 Å². The topological polar surface area (TPSA) is 60.2 Å². The van der Waals surface area contributed by atoms with E-state index in [0.29, 0.717) is 12.3 Å². The van der Waals surface area contributed by atoms with Crippen LogP contribution in [0.25, 0.3) is 0 Å². The van der Waals surface area contributed by atoms with Crippen LogP contribution in [-0.4, -0.2) is 45.8 Å².